The molecule has 3 aromatic rings. The number of ether oxygens (including phenoxy) is 2. The second-order valence-electron chi connectivity index (χ2n) is 7.34. The van der Waals surface area contributed by atoms with E-state index in [-0.39, 0.29) is 5.91 Å². The van der Waals surface area contributed by atoms with Gasteiger partial charge in [-0.15, -0.1) is 11.3 Å². The fourth-order valence-electron chi connectivity index (χ4n) is 3.43. The summed E-state index contributed by atoms with van der Waals surface area (Å²) in [5.74, 6) is 1.41. The predicted molar refractivity (Wildman–Crippen MR) is 130 cm³/mol. The summed E-state index contributed by atoms with van der Waals surface area (Å²) in [5.41, 5.74) is 8.43. The molecule has 0 bridgehead atoms. The number of nitrogens with two attached hydrogens (primary N) is 1. The first-order chi connectivity index (χ1) is 16.5. The molecule has 0 saturated heterocycles. The number of nitrogen functional groups attached to an aromatic ring is 1. The number of carbonyl (C=O) groups is 1. The molecule has 4 N–H and O–H groups in total. The van der Waals surface area contributed by atoms with Gasteiger partial charge in [-0.2, -0.15) is 5.26 Å². The number of aliphatic imine (C=N–C) groups is 1. The van der Waals surface area contributed by atoms with Gasteiger partial charge in [0.1, 0.15) is 11.5 Å². The van der Waals surface area contributed by atoms with Gasteiger partial charge in [0, 0.05) is 23.9 Å². The SMILES string of the molecule is COc1ccc(N=C(NC#N)N2CCc3nc(C(=O)Nc4cc(OC)ccc4N)sc3C2)cc1. The molecule has 0 aliphatic carbocycles. The molecule has 10 nitrogen and oxygen atoms in total. The Morgan fingerprint density at radius 2 is 1.94 bits per heavy atom. The molecule has 34 heavy (non-hydrogen) atoms. The fraction of sp³-hybridized carbons (Fsp3) is 0.217. The zero-order valence-corrected chi connectivity index (χ0v) is 19.5. The Kier molecular flexibility index (Phi) is 6.79. The van der Waals surface area contributed by atoms with Gasteiger partial charge in [0.15, 0.2) is 11.2 Å². The van der Waals surface area contributed by atoms with Gasteiger partial charge < -0.3 is 25.4 Å². The number of amides is 1. The van der Waals surface area contributed by atoms with Crippen LogP contribution in [0, 0.1) is 11.5 Å². The number of thiazole rings is 1. The quantitative estimate of drug-likeness (QED) is 0.168. The second-order valence-corrected chi connectivity index (χ2v) is 8.42. The zero-order valence-electron chi connectivity index (χ0n) is 18.7. The van der Waals surface area contributed by atoms with Gasteiger partial charge in [0.05, 0.1) is 43.5 Å². The first-order valence-electron chi connectivity index (χ1n) is 10.4. The number of hydrogen-bond acceptors (Lipinski definition) is 8. The number of nitrogens with one attached hydrogen (secondary N) is 2. The van der Waals surface area contributed by atoms with Crippen LogP contribution in [-0.4, -0.2) is 42.5 Å². The minimum atomic E-state index is -0.340. The third kappa shape index (κ3) is 5.02. The Labute approximate surface area is 200 Å². The van der Waals surface area contributed by atoms with E-state index in [9.17, 15) is 10.1 Å². The van der Waals surface area contributed by atoms with Crippen LogP contribution in [0.15, 0.2) is 47.5 Å². The van der Waals surface area contributed by atoms with Crippen molar-refractivity contribution in [2.24, 2.45) is 4.99 Å². The number of guanidine groups is 1. The van der Waals surface area contributed by atoms with Crippen LogP contribution in [0.4, 0.5) is 17.1 Å². The van der Waals surface area contributed by atoms with Crippen LogP contribution in [-0.2, 0) is 13.0 Å². The molecule has 0 atom stereocenters. The molecule has 0 spiro atoms. The summed E-state index contributed by atoms with van der Waals surface area (Å²) in [7, 11) is 3.15. The van der Waals surface area contributed by atoms with Gasteiger partial charge >= 0.3 is 0 Å². The van der Waals surface area contributed by atoms with Crippen LogP contribution in [0.1, 0.15) is 20.4 Å². The number of hydrogen-bond donors (Lipinski definition) is 3. The predicted octanol–water partition coefficient (Wildman–Crippen LogP) is 3.11. The molecular weight excluding hydrogens is 454 g/mol. The topological polar surface area (TPSA) is 138 Å². The van der Waals surface area contributed by atoms with Gasteiger partial charge in [-0.1, -0.05) is 0 Å². The van der Waals surface area contributed by atoms with E-state index in [2.05, 4.69) is 20.6 Å². The summed E-state index contributed by atoms with van der Waals surface area (Å²) in [6, 6.07) is 12.3. The largest absolute Gasteiger partial charge is 0.497 e. The molecule has 11 heteroatoms. The van der Waals surface area contributed by atoms with Crippen molar-refractivity contribution in [2.45, 2.75) is 13.0 Å². The number of methoxy groups -OCH3 is 2. The normalized spacial score (nSPS) is 13.0. The van der Waals surface area contributed by atoms with Gasteiger partial charge in [0.25, 0.3) is 5.91 Å². The van der Waals surface area contributed by atoms with Gasteiger partial charge in [0.2, 0.25) is 5.96 Å². The fourth-order valence-corrected chi connectivity index (χ4v) is 4.45. The highest BCUT2D eigenvalue weighted by Crippen LogP contribution is 2.29. The van der Waals surface area contributed by atoms with E-state index >= 15 is 0 Å². The molecule has 2 heterocycles. The van der Waals surface area contributed by atoms with Crippen LogP contribution < -0.4 is 25.8 Å². The summed E-state index contributed by atoms with van der Waals surface area (Å²) in [4.78, 5) is 24.8. The molecule has 0 saturated carbocycles. The number of fused-ring (bicyclic) bond motifs is 1. The average Bonchev–Trinajstić information content (AvgIpc) is 3.29. The smallest absolute Gasteiger partial charge is 0.284 e. The van der Waals surface area contributed by atoms with Crippen LogP contribution in [0.5, 0.6) is 11.5 Å². The highest BCUT2D eigenvalue weighted by atomic mass is 32.1. The molecule has 0 unspecified atom stereocenters. The lowest BCUT2D eigenvalue weighted by Crippen LogP contribution is -2.42. The Morgan fingerprint density at radius 3 is 2.65 bits per heavy atom. The summed E-state index contributed by atoms with van der Waals surface area (Å²) < 4.78 is 10.4. The third-order valence-corrected chi connectivity index (χ3v) is 6.29. The third-order valence-electron chi connectivity index (χ3n) is 5.21. The number of nitrogens with zero attached hydrogens (tertiary/aromatic N) is 4. The number of anilines is 2. The maximum atomic E-state index is 12.8. The van der Waals surface area contributed by atoms with Crippen molar-refractivity contribution < 1.29 is 14.3 Å². The van der Waals surface area contributed by atoms with Crippen molar-refractivity contribution in [3.8, 4) is 17.7 Å². The number of benzene rings is 2. The van der Waals surface area contributed by atoms with Crippen molar-refractivity contribution in [1.82, 2.24) is 15.2 Å². The van der Waals surface area contributed by atoms with Crippen molar-refractivity contribution >= 4 is 40.3 Å². The maximum absolute atomic E-state index is 12.8. The van der Waals surface area contributed by atoms with E-state index in [0.717, 1.165) is 16.3 Å². The molecule has 4 rings (SSSR count). The van der Waals surface area contributed by atoms with Crippen LogP contribution in [0.2, 0.25) is 0 Å². The van der Waals surface area contributed by atoms with E-state index in [1.807, 2.05) is 23.2 Å². The lowest BCUT2D eigenvalue weighted by Gasteiger charge is -2.28. The molecule has 0 radical (unpaired) electrons. The minimum Gasteiger partial charge on any atom is -0.497 e. The average molecular weight is 478 g/mol. The maximum Gasteiger partial charge on any atom is 0.284 e. The number of rotatable bonds is 5. The van der Waals surface area contributed by atoms with E-state index in [0.29, 0.717) is 53.3 Å². The second kappa shape index (κ2) is 10.1. The molecule has 1 amide bonds. The monoisotopic (exact) mass is 477 g/mol. The molecule has 2 aromatic carbocycles. The molecule has 1 aromatic heterocycles. The Bertz CT molecular complexity index is 1260. The van der Waals surface area contributed by atoms with Gasteiger partial charge in [-0.3, -0.25) is 10.1 Å². The highest BCUT2D eigenvalue weighted by Gasteiger charge is 2.25. The lowest BCUT2D eigenvalue weighted by molar-refractivity contribution is 0.102. The summed E-state index contributed by atoms with van der Waals surface area (Å²) >= 11 is 1.31. The van der Waals surface area contributed by atoms with Crippen molar-refractivity contribution in [3.05, 3.63) is 58.0 Å². The number of aromatic nitrogens is 1. The van der Waals surface area contributed by atoms with Crippen LogP contribution in [0.25, 0.3) is 0 Å². The molecule has 1 aliphatic heterocycles. The van der Waals surface area contributed by atoms with E-state index in [1.165, 1.54) is 11.3 Å². The van der Waals surface area contributed by atoms with Crippen LogP contribution >= 0.6 is 11.3 Å². The summed E-state index contributed by atoms with van der Waals surface area (Å²) in [6.45, 7) is 1.08. The molecule has 174 valence electrons. The summed E-state index contributed by atoms with van der Waals surface area (Å²) in [5, 5.41) is 15.0. The van der Waals surface area contributed by atoms with E-state index < -0.39 is 0 Å². The Hall–Kier alpha value is -4.30. The number of carbonyl (C=O) groups excluding carboxylic acids is 1. The molecule has 1 aliphatic rings. The standard InChI is InChI=1S/C23H23N7O3S/c1-32-15-5-3-14(4-6-15)27-23(26-13-24)30-10-9-18-20(12-30)34-22(29-18)21(31)28-19-11-16(33-2)7-8-17(19)25/h3-8,11H,9-10,12,25H2,1-2H3,(H,26,27)(H,28,31). The van der Waals surface area contributed by atoms with E-state index in [4.69, 9.17) is 15.2 Å². The lowest BCUT2D eigenvalue weighted by atomic mass is 10.2. The van der Waals surface area contributed by atoms with Crippen molar-refractivity contribution in [2.75, 3.05) is 31.8 Å². The van der Waals surface area contributed by atoms with Crippen molar-refractivity contribution in [1.29, 1.82) is 5.26 Å². The first kappa shape index (κ1) is 22.9. The Morgan fingerprint density at radius 1 is 1.21 bits per heavy atom. The van der Waals surface area contributed by atoms with Crippen LogP contribution in [0.3, 0.4) is 0 Å². The van der Waals surface area contributed by atoms with E-state index in [1.54, 1.807) is 44.6 Å². The number of nitriles is 1. The van der Waals surface area contributed by atoms with Gasteiger partial charge in [-0.05, 0) is 36.4 Å². The molecule has 0 fully saturated rings. The molecular formula is C23H23N7O3S. The van der Waals surface area contributed by atoms with Crippen molar-refractivity contribution in [3.63, 3.8) is 0 Å². The minimum absolute atomic E-state index is 0.340. The first-order valence-corrected chi connectivity index (χ1v) is 11.2. The zero-order chi connectivity index (χ0) is 24.1. The Balaban J connectivity index is 1.51. The summed E-state index contributed by atoms with van der Waals surface area (Å²) in [6.07, 6.45) is 2.57. The highest BCUT2D eigenvalue weighted by molar-refractivity contribution is 7.13. The van der Waals surface area contributed by atoms with Gasteiger partial charge in [-0.25, -0.2) is 9.98 Å².